The lowest BCUT2D eigenvalue weighted by atomic mass is 9.45. The molecule has 21 nitrogen and oxygen atoms in total. The van der Waals surface area contributed by atoms with Crippen molar-refractivity contribution in [2.45, 2.75) is 127 Å². The van der Waals surface area contributed by atoms with Gasteiger partial charge in [0.15, 0.2) is 35.6 Å². The van der Waals surface area contributed by atoms with Gasteiger partial charge in [-0.3, -0.25) is 29.0 Å². The number of ether oxygens (including phenoxy) is 9. The van der Waals surface area contributed by atoms with Crippen LogP contribution in [0.25, 0.3) is 0 Å². The maximum absolute atomic E-state index is 14.6. The van der Waals surface area contributed by atoms with Gasteiger partial charge in [-0.2, -0.15) is 0 Å². The van der Waals surface area contributed by atoms with Gasteiger partial charge >= 0.3 is 47.8 Å². The molecular formula is C41H47NO20. The third-order valence-electron chi connectivity index (χ3n) is 12.3. The number of esters is 8. The van der Waals surface area contributed by atoms with Gasteiger partial charge in [-0.15, -0.1) is 0 Å². The molecular weight excluding hydrogens is 826 g/mol. The molecule has 0 unspecified atom stereocenters. The normalized spacial score (nSPS) is 37.3. The topological polar surface area (TPSA) is 286 Å². The van der Waals surface area contributed by atoms with Crippen LogP contribution in [-0.4, -0.2) is 135 Å². The van der Waals surface area contributed by atoms with Crippen molar-refractivity contribution in [1.29, 1.82) is 0 Å². The van der Waals surface area contributed by atoms with Crippen molar-refractivity contribution in [2.75, 3.05) is 13.2 Å². The zero-order chi connectivity index (χ0) is 45.9. The van der Waals surface area contributed by atoms with E-state index in [1.807, 2.05) is 0 Å². The van der Waals surface area contributed by atoms with Crippen LogP contribution in [-0.2, 0) is 71.4 Å². The summed E-state index contributed by atoms with van der Waals surface area (Å²) in [6.45, 7) is 7.47. The number of carbonyl (C=O) groups is 8. The molecule has 2 aromatic rings. The zero-order valence-electron chi connectivity index (χ0n) is 35.2. The van der Waals surface area contributed by atoms with E-state index >= 15 is 0 Å². The number of hydrogen-bond donors (Lipinski definition) is 2. The van der Waals surface area contributed by atoms with E-state index in [4.69, 9.17) is 47.0 Å². The van der Waals surface area contributed by atoms with Crippen LogP contribution < -0.4 is 0 Å². The smallest absolute Gasteiger partial charge is 0.341 e. The van der Waals surface area contributed by atoms with Crippen LogP contribution in [0.15, 0.2) is 41.5 Å². The minimum Gasteiger partial charge on any atom is -0.472 e. The first kappa shape index (κ1) is 45.6. The molecule has 2 saturated carbocycles. The highest BCUT2D eigenvalue weighted by molar-refractivity contribution is 5.92. The fourth-order valence-electron chi connectivity index (χ4n) is 9.72. The first-order valence-corrected chi connectivity index (χ1v) is 19.4. The van der Waals surface area contributed by atoms with E-state index < -0.39 is 137 Å². The largest absolute Gasteiger partial charge is 0.472 e. The van der Waals surface area contributed by atoms with Crippen molar-refractivity contribution >= 4 is 47.8 Å². The van der Waals surface area contributed by atoms with Crippen molar-refractivity contribution in [3.8, 4) is 0 Å². The number of nitrogens with zero attached hydrogens (tertiary/aromatic N) is 1. The predicted octanol–water partition coefficient (Wildman–Crippen LogP) is 1.04. The lowest BCUT2D eigenvalue weighted by Crippen LogP contribution is -2.89. The Balaban J connectivity index is 1.80. The highest BCUT2D eigenvalue weighted by atomic mass is 16.7. The molecule has 3 fully saturated rings. The summed E-state index contributed by atoms with van der Waals surface area (Å²) in [6, 6.07) is 2.56. The average Bonchev–Trinajstić information content (AvgIpc) is 3.79. The highest BCUT2D eigenvalue weighted by Gasteiger charge is 2.92. The summed E-state index contributed by atoms with van der Waals surface area (Å²) >= 11 is 0. The lowest BCUT2D eigenvalue weighted by Gasteiger charge is -2.67. The van der Waals surface area contributed by atoms with E-state index in [0.717, 1.165) is 67.2 Å². The first-order chi connectivity index (χ1) is 28.9. The van der Waals surface area contributed by atoms with Gasteiger partial charge in [0.2, 0.25) is 0 Å². The highest BCUT2D eigenvalue weighted by Crippen LogP contribution is 2.70. The number of fused-ring (bicyclic) bond motifs is 5. The number of furan rings is 1. The van der Waals surface area contributed by atoms with Gasteiger partial charge in [0, 0.05) is 52.9 Å². The third kappa shape index (κ3) is 7.14. The molecule has 4 heterocycles. The fraction of sp³-hybridized carbons (Fsp3) is 0.585. The second-order valence-corrected chi connectivity index (χ2v) is 16.4. The number of rotatable bonds is 8. The molecule has 0 aromatic carbocycles. The van der Waals surface area contributed by atoms with Gasteiger partial charge < -0.3 is 57.3 Å². The van der Waals surface area contributed by atoms with Gasteiger partial charge in [-0.25, -0.2) is 14.4 Å². The minimum absolute atomic E-state index is 0.0467. The Kier molecular flexibility index (Phi) is 11.8. The summed E-state index contributed by atoms with van der Waals surface area (Å²) < 4.78 is 59.7. The van der Waals surface area contributed by atoms with Crippen LogP contribution in [0.3, 0.4) is 0 Å². The second kappa shape index (κ2) is 16.1. The van der Waals surface area contributed by atoms with E-state index in [2.05, 4.69) is 4.98 Å². The molecule has 1 spiro atoms. The summed E-state index contributed by atoms with van der Waals surface area (Å²) in [7, 11) is 0. The van der Waals surface area contributed by atoms with Crippen LogP contribution in [0.1, 0.15) is 94.5 Å². The molecule has 2 aromatic heterocycles. The van der Waals surface area contributed by atoms with Crippen molar-refractivity contribution in [1.82, 2.24) is 4.98 Å². The number of cyclic esters (lactones) is 1. The van der Waals surface area contributed by atoms with Gasteiger partial charge in [0.1, 0.15) is 48.3 Å². The standard InChI is InChI=1S/C41H47NO20/c1-18-25-10-12-42-14-26(25)35(49)54-16-37(7)27-28(56-19(2)43)32(59-22(5)46)40(17-55-34(48)24-11-13-53-15-24)33(60-23(6)47)29(57-20(3)44)31(61-36(50)38(18,8)51)39(9,52)41(40,62-37)30(27)58-21(4)45/h10-15,18,27-33,51-52H,16-17H2,1-9H3/t18-,27+,28+,29-,30-,31-,32+,33-,37-,38-,39-,40+,41-/m0/s1. The van der Waals surface area contributed by atoms with Crippen molar-refractivity contribution < 1.29 is 95.6 Å². The van der Waals surface area contributed by atoms with Gasteiger partial charge in [-0.1, -0.05) is 6.92 Å². The summed E-state index contributed by atoms with van der Waals surface area (Å²) in [5.74, 6) is -12.1. The van der Waals surface area contributed by atoms with Crippen molar-refractivity contribution in [3.05, 3.63) is 53.7 Å². The summed E-state index contributed by atoms with van der Waals surface area (Å²) in [4.78, 5) is 113. The molecule has 6 rings (SSSR count). The SMILES string of the molecule is CC(=O)O[C@@H]1[C@@H]2[C@H](OC(C)=O)[C@@]34O[C@@]2(C)COC(=O)c2cnccc2[C@H](C)[C@](C)(O)C(=O)O[C@@H]([C@H](OC(C)=O)[C@H](OC(C)=O)[C@@]3(COC(=O)c2ccoc2)[C@@H]1OC(C)=O)[C@]4(C)O. The maximum Gasteiger partial charge on any atom is 0.341 e. The molecule has 2 N–H and O–H groups in total. The van der Waals surface area contributed by atoms with Crippen LogP contribution in [0, 0.1) is 11.3 Å². The Hall–Kier alpha value is -5.93. The van der Waals surface area contributed by atoms with Crippen LogP contribution in [0.5, 0.6) is 0 Å². The summed E-state index contributed by atoms with van der Waals surface area (Å²) in [5, 5.41) is 25.6. The molecule has 13 atom stereocenters. The number of hydrogen-bond acceptors (Lipinski definition) is 21. The zero-order valence-corrected chi connectivity index (χ0v) is 35.2. The molecule has 0 amide bonds. The van der Waals surface area contributed by atoms with Gasteiger partial charge in [-0.05, 0) is 38.5 Å². The molecule has 0 radical (unpaired) electrons. The van der Waals surface area contributed by atoms with Crippen molar-refractivity contribution in [2.24, 2.45) is 11.3 Å². The van der Waals surface area contributed by atoms with Gasteiger partial charge in [0.25, 0.3) is 0 Å². The minimum atomic E-state index is -2.99. The molecule has 2 aliphatic heterocycles. The summed E-state index contributed by atoms with van der Waals surface area (Å²) in [5.41, 5.74) is -13.7. The molecule has 21 heteroatoms. The fourth-order valence-corrected chi connectivity index (χ4v) is 9.72. The first-order valence-electron chi connectivity index (χ1n) is 19.4. The third-order valence-corrected chi connectivity index (χ3v) is 12.3. The molecule has 336 valence electrons. The monoisotopic (exact) mass is 873 g/mol. The maximum atomic E-state index is 14.6. The molecule has 62 heavy (non-hydrogen) atoms. The number of aromatic nitrogens is 1. The Morgan fingerprint density at radius 3 is 1.94 bits per heavy atom. The predicted molar refractivity (Wildman–Crippen MR) is 199 cm³/mol. The van der Waals surface area contributed by atoms with Crippen LogP contribution >= 0.6 is 0 Å². The molecule has 1 saturated heterocycles. The Bertz CT molecular complexity index is 2170. The number of aliphatic hydroxyl groups is 2. The molecule has 4 aliphatic rings. The Morgan fingerprint density at radius 1 is 0.806 bits per heavy atom. The van der Waals surface area contributed by atoms with Crippen LogP contribution in [0.2, 0.25) is 0 Å². The quantitative estimate of drug-likeness (QED) is 0.277. The van der Waals surface area contributed by atoms with Crippen LogP contribution in [0.4, 0.5) is 0 Å². The van der Waals surface area contributed by atoms with E-state index in [-0.39, 0.29) is 16.7 Å². The second-order valence-electron chi connectivity index (χ2n) is 16.4. The van der Waals surface area contributed by atoms with E-state index in [1.165, 1.54) is 32.2 Å². The molecule has 4 bridgehead atoms. The number of pyridine rings is 1. The lowest BCUT2D eigenvalue weighted by molar-refractivity contribution is -0.387. The Labute approximate surface area is 353 Å². The average molecular weight is 874 g/mol. The van der Waals surface area contributed by atoms with E-state index in [0.29, 0.717) is 0 Å². The Morgan fingerprint density at radius 2 is 1.37 bits per heavy atom. The molecule has 2 aliphatic carbocycles. The van der Waals surface area contributed by atoms with Gasteiger partial charge in [0.05, 0.1) is 23.3 Å². The summed E-state index contributed by atoms with van der Waals surface area (Å²) in [6.07, 6.45) is -8.23. The van der Waals surface area contributed by atoms with Crippen molar-refractivity contribution in [3.63, 3.8) is 0 Å². The van der Waals surface area contributed by atoms with E-state index in [9.17, 15) is 48.6 Å². The van der Waals surface area contributed by atoms with E-state index in [1.54, 1.807) is 0 Å². The number of carbonyl (C=O) groups excluding carboxylic acids is 8.